The van der Waals surface area contributed by atoms with E-state index >= 15 is 0 Å². The fourth-order valence-corrected chi connectivity index (χ4v) is 3.06. The Hall–Kier alpha value is -4.26. The fourth-order valence-electron chi connectivity index (χ4n) is 3.06. The quantitative estimate of drug-likeness (QED) is 0.173. The van der Waals surface area contributed by atoms with Crippen molar-refractivity contribution in [3.63, 3.8) is 0 Å². The number of nitrogens with two attached hydrogens (primary N) is 1. The number of carboxylic acids is 2. The molecule has 3 atom stereocenters. The van der Waals surface area contributed by atoms with Crippen LogP contribution in [0.2, 0.25) is 0 Å². The average Bonchev–Trinajstić information content (AvgIpc) is 3.31. The van der Waals surface area contributed by atoms with Gasteiger partial charge < -0.3 is 36.9 Å². The molecule has 2 rings (SSSR count). The number of nitrogens with one attached hydrogen (secondary N) is 4. The second-order valence-electron chi connectivity index (χ2n) is 7.35. The summed E-state index contributed by atoms with van der Waals surface area (Å²) in [6.45, 7) is -0.383. The van der Waals surface area contributed by atoms with Crippen molar-refractivity contribution in [3.05, 3.63) is 54.1 Å². The van der Waals surface area contributed by atoms with E-state index in [1.807, 2.05) is 0 Å². The van der Waals surface area contributed by atoms with Crippen LogP contribution in [0.1, 0.15) is 17.7 Å². The molecule has 13 heteroatoms. The molecule has 0 spiro atoms. The SMILES string of the molecule is NCC(=O)NC(Cc1ccccc1)C(=O)NC(CC(=O)O)C(=O)NC(Cc1cnc[nH]1)C(=O)O. The maximum Gasteiger partial charge on any atom is 0.326 e. The van der Waals surface area contributed by atoms with Crippen molar-refractivity contribution in [3.8, 4) is 0 Å². The third kappa shape index (κ3) is 8.35. The lowest BCUT2D eigenvalue weighted by molar-refractivity contribution is -0.143. The van der Waals surface area contributed by atoms with Gasteiger partial charge >= 0.3 is 11.9 Å². The predicted molar refractivity (Wildman–Crippen MR) is 117 cm³/mol. The van der Waals surface area contributed by atoms with Gasteiger partial charge in [0, 0.05) is 24.7 Å². The van der Waals surface area contributed by atoms with Crippen LogP contribution in [0.15, 0.2) is 42.9 Å². The summed E-state index contributed by atoms with van der Waals surface area (Å²) >= 11 is 0. The van der Waals surface area contributed by atoms with Crippen LogP contribution in [-0.4, -0.2) is 74.5 Å². The molecule has 0 saturated carbocycles. The first-order chi connectivity index (χ1) is 16.2. The number of carbonyl (C=O) groups excluding carboxylic acids is 3. The zero-order chi connectivity index (χ0) is 25.1. The fraction of sp³-hybridized carbons (Fsp3) is 0.333. The van der Waals surface area contributed by atoms with E-state index in [1.54, 1.807) is 30.3 Å². The molecular weight excluding hydrogens is 448 g/mol. The van der Waals surface area contributed by atoms with Crippen molar-refractivity contribution < 1.29 is 34.2 Å². The monoisotopic (exact) mass is 474 g/mol. The number of hydrogen-bond acceptors (Lipinski definition) is 7. The first-order valence-corrected chi connectivity index (χ1v) is 10.3. The second-order valence-corrected chi connectivity index (χ2v) is 7.35. The molecule has 1 aromatic heterocycles. The number of amides is 3. The number of benzene rings is 1. The van der Waals surface area contributed by atoms with Gasteiger partial charge in [0.15, 0.2) is 0 Å². The van der Waals surface area contributed by atoms with E-state index in [0.717, 1.165) is 0 Å². The highest BCUT2D eigenvalue weighted by atomic mass is 16.4. The van der Waals surface area contributed by atoms with Gasteiger partial charge in [0.05, 0.1) is 19.3 Å². The van der Waals surface area contributed by atoms with Gasteiger partial charge in [0.25, 0.3) is 0 Å². The number of imidazole rings is 1. The van der Waals surface area contributed by atoms with Gasteiger partial charge in [-0.05, 0) is 5.56 Å². The lowest BCUT2D eigenvalue weighted by Gasteiger charge is -2.23. The average molecular weight is 474 g/mol. The molecule has 34 heavy (non-hydrogen) atoms. The van der Waals surface area contributed by atoms with Gasteiger partial charge in [-0.15, -0.1) is 0 Å². The highest BCUT2D eigenvalue weighted by Crippen LogP contribution is 2.06. The molecule has 0 aliphatic heterocycles. The minimum Gasteiger partial charge on any atom is -0.481 e. The van der Waals surface area contributed by atoms with Gasteiger partial charge in [-0.1, -0.05) is 30.3 Å². The first-order valence-electron chi connectivity index (χ1n) is 10.3. The zero-order valence-corrected chi connectivity index (χ0v) is 18.1. The van der Waals surface area contributed by atoms with E-state index < -0.39 is 54.2 Å². The van der Waals surface area contributed by atoms with Crippen molar-refractivity contribution in [1.82, 2.24) is 25.9 Å². The Bertz CT molecular complexity index is 996. The summed E-state index contributed by atoms with van der Waals surface area (Å²) in [5.41, 5.74) is 6.45. The summed E-state index contributed by atoms with van der Waals surface area (Å²) in [5, 5.41) is 25.6. The van der Waals surface area contributed by atoms with Gasteiger partial charge in [-0.25, -0.2) is 9.78 Å². The van der Waals surface area contributed by atoms with Crippen molar-refractivity contribution in [1.29, 1.82) is 0 Å². The van der Waals surface area contributed by atoms with Crippen LogP contribution in [0, 0.1) is 0 Å². The predicted octanol–water partition coefficient (Wildman–Crippen LogP) is -1.83. The minimum atomic E-state index is -1.60. The summed E-state index contributed by atoms with van der Waals surface area (Å²) in [5.74, 6) is -5.22. The van der Waals surface area contributed by atoms with Crippen LogP contribution < -0.4 is 21.7 Å². The normalized spacial score (nSPS) is 13.2. The number of nitrogens with zero attached hydrogens (tertiary/aromatic N) is 1. The van der Waals surface area contributed by atoms with Crippen molar-refractivity contribution in [2.24, 2.45) is 5.73 Å². The Morgan fingerprint density at radius 2 is 1.56 bits per heavy atom. The molecule has 1 aromatic carbocycles. The van der Waals surface area contributed by atoms with E-state index in [0.29, 0.717) is 11.3 Å². The summed E-state index contributed by atoms with van der Waals surface area (Å²) < 4.78 is 0. The number of carboxylic acid groups (broad SMARTS) is 2. The highest BCUT2D eigenvalue weighted by molar-refractivity contribution is 5.95. The molecule has 0 aliphatic rings. The molecule has 0 aliphatic carbocycles. The number of aromatic amines is 1. The topological polar surface area (TPSA) is 217 Å². The summed E-state index contributed by atoms with van der Waals surface area (Å²) in [6, 6.07) is 4.55. The lowest BCUT2D eigenvalue weighted by Crippen LogP contribution is -2.57. The van der Waals surface area contributed by atoms with Gasteiger partial charge in [-0.3, -0.25) is 19.2 Å². The number of hydrogen-bond donors (Lipinski definition) is 7. The van der Waals surface area contributed by atoms with Gasteiger partial charge in [0.1, 0.15) is 18.1 Å². The third-order valence-corrected chi connectivity index (χ3v) is 4.72. The Morgan fingerprint density at radius 1 is 0.912 bits per heavy atom. The molecule has 3 unspecified atom stereocenters. The molecule has 0 radical (unpaired) electrons. The van der Waals surface area contributed by atoms with Crippen molar-refractivity contribution in [2.75, 3.05) is 6.54 Å². The van der Waals surface area contributed by atoms with E-state index in [1.165, 1.54) is 12.5 Å². The molecule has 0 fully saturated rings. The molecular formula is C21H26N6O7. The Kier molecular flexibility index (Phi) is 9.71. The van der Waals surface area contributed by atoms with E-state index in [2.05, 4.69) is 25.9 Å². The van der Waals surface area contributed by atoms with E-state index in [9.17, 15) is 34.2 Å². The highest BCUT2D eigenvalue weighted by Gasteiger charge is 2.31. The van der Waals surface area contributed by atoms with Crippen LogP contribution in [0.5, 0.6) is 0 Å². The minimum absolute atomic E-state index is 0.0530. The van der Waals surface area contributed by atoms with Crippen LogP contribution >= 0.6 is 0 Å². The molecule has 8 N–H and O–H groups in total. The molecule has 3 amide bonds. The standard InChI is InChI=1S/C21H26N6O7/c22-9-17(28)25-14(6-12-4-2-1-3-5-12)19(31)26-15(8-18(29)30)20(32)27-16(21(33)34)7-13-10-23-11-24-13/h1-5,10-11,14-16H,6-9,22H2,(H,23,24)(H,25,28)(H,26,31)(H,27,32)(H,29,30)(H,33,34). The number of rotatable bonds is 13. The molecule has 0 bridgehead atoms. The maximum atomic E-state index is 12.9. The Morgan fingerprint density at radius 3 is 2.12 bits per heavy atom. The summed E-state index contributed by atoms with van der Waals surface area (Å²) in [7, 11) is 0. The molecule has 182 valence electrons. The van der Waals surface area contributed by atoms with E-state index in [4.69, 9.17) is 5.73 Å². The van der Waals surface area contributed by atoms with Crippen molar-refractivity contribution >= 4 is 29.7 Å². The van der Waals surface area contributed by atoms with E-state index in [-0.39, 0.29) is 19.4 Å². The van der Waals surface area contributed by atoms with Crippen LogP contribution in [0.4, 0.5) is 0 Å². The first kappa shape index (κ1) is 26.0. The smallest absolute Gasteiger partial charge is 0.326 e. The Labute approximate surface area is 194 Å². The molecule has 0 saturated heterocycles. The summed E-state index contributed by atoms with van der Waals surface area (Å²) in [6.07, 6.45) is 1.82. The van der Waals surface area contributed by atoms with Crippen LogP contribution in [0.25, 0.3) is 0 Å². The van der Waals surface area contributed by atoms with Crippen LogP contribution in [0.3, 0.4) is 0 Å². The number of H-pyrrole nitrogens is 1. The molecule has 13 nitrogen and oxygen atoms in total. The number of aromatic nitrogens is 2. The van der Waals surface area contributed by atoms with Gasteiger partial charge in [0.2, 0.25) is 17.7 Å². The molecule has 1 heterocycles. The maximum absolute atomic E-state index is 12.9. The number of carbonyl (C=O) groups is 5. The lowest BCUT2D eigenvalue weighted by atomic mass is 10.0. The number of aliphatic carboxylic acids is 2. The zero-order valence-electron chi connectivity index (χ0n) is 18.1. The largest absolute Gasteiger partial charge is 0.481 e. The third-order valence-electron chi connectivity index (χ3n) is 4.72. The molecule has 2 aromatic rings. The Balaban J connectivity index is 2.16. The second kappa shape index (κ2) is 12.7. The summed E-state index contributed by atoms with van der Waals surface area (Å²) in [4.78, 5) is 66.8. The van der Waals surface area contributed by atoms with Gasteiger partial charge in [-0.2, -0.15) is 0 Å². The van der Waals surface area contributed by atoms with Crippen LogP contribution in [-0.2, 0) is 36.8 Å². The van der Waals surface area contributed by atoms with Crippen molar-refractivity contribution in [2.45, 2.75) is 37.4 Å².